The summed E-state index contributed by atoms with van der Waals surface area (Å²) in [5, 5.41) is 10.2. The van der Waals surface area contributed by atoms with Gasteiger partial charge in [0.1, 0.15) is 11.6 Å². The van der Waals surface area contributed by atoms with Crippen molar-refractivity contribution in [1.82, 2.24) is 0 Å². The van der Waals surface area contributed by atoms with Crippen LogP contribution in [-0.4, -0.2) is 20.0 Å². The number of hydrogen-bond donors (Lipinski definition) is 0. The molecule has 0 saturated heterocycles. The number of nitrogens with zero attached hydrogens (tertiary/aromatic N) is 2. The molecule has 0 radical (unpaired) electrons. The number of carbonyl (C=O) groups excluding carboxylic acids is 1. The first-order chi connectivity index (χ1) is 14.5. The van der Waals surface area contributed by atoms with Gasteiger partial charge >= 0.3 is 0 Å². The normalized spacial score (nSPS) is 10.0. The third kappa shape index (κ3) is 6.30. The van der Waals surface area contributed by atoms with Crippen molar-refractivity contribution in [3.05, 3.63) is 88.2 Å². The minimum Gasteiger partial charge on any atom is -1.00 e. The monoisotopic (exact) mass is 500 g/mol. The van der Waals surface area contributed by atoms with E-state index in [2.05, 4.69) is 6.07 Å². The summed E-state index contributed by atoms with van der Waals surface area (Å²) in [6, 6.07) is 16.9. The summed E-state index contributed by atoms with van der Waals surface area (Å²) in [7, 11) is 3.09. The molecule has 3 rings (SSSR count). The summed E-state index contributed by atoms with van der Waals surface area (Å²) >= 11 is 6.04. The van der Waals surface area contributed by atoms with Crippen LogP contribution in [-0.2, 0) is 13.0 Å². The molecular formula is C24H22BrClN2O3. The van der Waals surface area contributed by atoms with E-state index in [0.717, 1.165) is 11.1 Å². The van der Waals surface area contributed by atoms with Crippen LogP contribution >= 0.6 is 11.6 Å². The number of aryl methyl sites for hydroxylation is 1. The van der Waals surface area contributed by atoms with E-state index in [1.54, 1.807) is 31.5 Å². The van der Waals surface area contributed by atoms with Gasteiger partial charge in [-0.25, -0.2) is 0 Å². The number of aromatic nitrogens is 1. The molecule has 0 unspecified atom stereocenters. The molecule has 0 fully saturated rings. The molecule has 1 heterocycles. The number of ketones is 1. The van der Waals surface area contributed by atoms with Crippen molar-refractivity contribution in [2.24, 2.45) is 0 Å². The van der Waals surface area contributed by atoms with Gasteiger partial charge in [-0.1, -0.05) is 23.7 Å². The van der Waals surface area contributed by atoms with Crippen LogP contribution in [0, 0.1) is 11.3 Å². The zero-order valence-corrected chi connectivity index (χ0v) is 19.6. The first-order valence-corrected chi connectivity index (χ1v) is 9.83. The highest BCUT2D eigenvalue weighted by Crippen LogP contribution is 2.28. The van der Waals surface area contributed by atoms with Crippen LogP contribution in [0.4, 0.5) is 0 Å². The van der Waals surface area contributed by atoms with Gasteiger partial charge in [-0.05, 0) is 42.3 Å². The fraction of sp³-hybridized carbons (Fsp3) is 0.208. The predicted molar refractivity (Wildman–Crippen MR) is 114 cm³/mol. The maximum Gasteiger partial charge on any atom is 0.187 e. The lowest BCUT2D eigenvalue weighted by Crippen LogP contribution is -3.00. The fourth-order valence-electron chi connectivity index (χ4n) is 3.23. The molecule has 2 aromatic carbocycles. The number of carbonyl (C=O) groups is 1. The molecule has 0 atom stereocenters. The Morgan fingerprint density at radius 2 is 1.87 bits per heavy atom. The zero-order valence-electron chi connectivity index (χ0n) is 17.3. The Hall–Kier alpha value is -2.88. The molecule has 7 heteroatoms. The number of pyridine rings is 1. The second-order valence-corrected chi connectivity index (χ2v) is 7.23. The Bertz CT molecular complexity index is 1110. The molecule has 1 aromatic heterocycles. The van der Waals surface area contributed by atoms with Gasteiger partial charge in [0.25, 0.3) is 0 Å². The van der Waals surface area contributed by atoms with Gasteiger partial charge in [0.15, 0.2) is 36.2 Å². The first kappa shape index (κ1) is 24.4. The third-order valence-corrected chi connectivity index (χ3v) is 5.04. The summed E-state index contributed by atoms with van der Waals surface area (Å²) < 4.78 is 12.4. The minimum atomic E-state index is -0.0181. The van der Waals surface area contributed by atoms with E-state index >= 15 is 0 Å². The van der Waals surface area contributed by atoms with Crippen molar-refractivity contribution in [3.63, 3.8) is 0 Å². The molecule has 3 aromatic rings. The van der Waals surface area contributed by atoms with Crippen LogP contribution in [0.25, 0.3) is 0 Å². The van der Waals surface area contributed by atoms with E-state index in [1.165, 1.54) is 7.11 Å². The van der Waals surface area contributed by atoms with Crippen molar-refractivity contribution in [1.29, 1.82) is 5.26 Å². The third-order valence-electron chi connectivity index (χ3n) is 4.81. The molecule has 5 nitrogen and oxygen atoms in total. The highest BCUT2D eigenvalue weighted by atomic mass is 79.9. The number of rotatable bonds is 8. The van der Waals surface area contributed by atoms with Gasteiger partial charge in [-0.3, -0.25) is 4.79 Å². The van der Waals surface area contributed by atoms with Gasteiger partial charge in [0, 0.05) is 28.6 Å². The number of Topliss-reactive ketones (excluding diaryl/α,β-unsaturated/α-hetero) is 1. The van der Waals surface area contributed by atoms with Crippen molar-refractivity contribution in [2.45, 2.75) is 19.4 Å². The van der Waals surface area contributed by atoms with E-state index < -0.39 is 0 Å². The van der Waals surface area contributed by atoms with Gasteiger partial charge < -0.3 is 26.5 Å². The number of benzene rings is 2. The topological polar surface area (TPSA) is 63.2 Å². The molecule has 0 spiro atoms. The number of halogens is 2. The van der Waals surface area contributed by atoms with Gasteiger partial charge in [-0.15, -0.1) is 0 Å². The van der Waals surface area contributed by atoms with Gasteiger partial charge in [0.05, 0.1) is 14.2 Å². The average Bonchev–Trinajstić information content (AvgIpc) is 2.77. The van der Waals surface area contributed by atoms with Gasteiger partial charge in [0.2, 0.25) is 0 Å². The molecule has 0 aliphatic rings. The molecule has 0 aliphatic heterocycles. The quantitative estimate of drug-likeness (QED) is 0.346. The summed E-state index contributed by atoms with van der Waals surface area (Å²) in [5.41, 5.74) is 3.00. The zero-order chi connectivity index (χ0) is 21.5. The molecule has 31 heavy (non-hydrogen) atoms. The second-order valence-electron chi connectivity index (χ2n) is 6.79. The lowest BCUT2D eigenvalue weighted by Gasteiger charge is -2.09. The van der Waals surface area contributed by atoms with Crippen LogP contribution in [0.3, 0.4) is 0 Å². The Morgan fingerprint density at radius 1 is 1.10 bits per heavy atom. The molecule has 0 aliphatic carbocycles. The number of methoxy groups -OCH3 is 2. The molecule has 0 amide bonds. The van der Waals surface area contributed by atoms with Crippen molar-refractivity contribution in [2.75, 3.05) is 14.2 Å². The largest absolute Gasteiger partial charge is 1.00 e. The molecule has 0 saturated carbocycles. The number of ether oxygens (including phenoxy) is 2. The minimum absolute atomic E-state index is 0. The molecular weight excluding hydrogens is 480 g/mol. The van der Waals surface area contributed by atoms with Crippen molar-refractivity contribution < 1.29 is 35.8 Å². The highest BCUT2D eigenvalue weighted by molar-refractivity contribution is 6.30. The Morgan fingerprint density at radius 3 is 2.55 bits per heavy atom. The van der Waals surface area contributed by atoms with Crippen LogP contribution in [0.15, 0.2) is 60.9 Å². The lowest BCUT2D eigenvalue weighted by atomic mass is 10.0. The summed E-state index contributed by atoms with van der Waals surface area (Å²) in [5.74, 6) is 1.08. The Kier molecular flexibility index (Phi) is 9.04. The Labute approximate surface area is 197 Å². The van der Waals surface area contributed by atoms with Crippen LogP contribution < -0.4 is 31.0 Å². The van der Waals surface area contributed by atoms with E-state index in [0.29, 0.717) is 47.0 Å². The van der Waals surface area contributed by atoms with Crippen molar-refractivity contribution >= 4 is 17.4 Å². The molecule has 0 N–H and O–H groups in total. The predicted octanol–water partition coefficient (Wildman–Crippen LogP) is 1.38. The number of nitriles is 1. The van der Waals surface area contributed by atoms with E-state index in [4.69, 9.17) is 21.1 Å². The maximum atomic E-state index is 12.6. The first-order valence-electron chi connectivity index (χ1n) is 9.45. The lowest BCUT2D eigenvalue weighted by molar-refractivity contribution is -0.688. The smallest absolute Gasteiger partial charge is 0.187 e. The second kappa shape index (κ2) is 11.5. The van der Waals surface area contributed by atoms with Crippen LogP contribution in [0.5, 0.6) is 11.5 Å². The molecule has 160 valence electrons. The molecule has 0 bridgehead atoms. The average molecular weight is 502 g/mol. The summed E-state index contributed by atoms with van der Waals surface area (Å²) in [6.07, 6.45) is 4.49. The van der Waals surface area contributed by atoms with E-state index in [-0.39, 0.29) is 22.8 Å². The van der Waals surface area contributed by atoms with Crippen molar-refractivity contribution in [3.8, 4) is 17.6 Å². The van der Waals surface area contributed by atoms with Crippen LogP contribution in [0.1, 0.15) is 33.5 Å². The SMILES string of the molecule is COc1ccc(C(=O)CCc2cc[n+](Cc3cccc(Cl)c3)cc2C#N)cc1OC.[Br-]. The standard InChI is InChI=1S/C24H22ClN2O3.BrH/c1-29-23-9-7-19(13-24(23)30-2)22(28)8-6-18-10-11-27(16-20(18)14-26)15-17-4-3-5-21(25)12-17;/h3-5,7,9-13,16H,6,8,15H2,1-2H3;1H/q+1;/p-1. The maximum absolute atomic E-state index is 12.6. The summed E-state index contributed by atoms with van der Waals surface area (Å²) in [4.78, 5) is 12.6. The van der Waals surface area contributed by atoms with Crippen LogP contribution in [0.2, 0.25) is 5.02 Å². The highest BCUT2D eigenvalue weighted by Gasteiger charge is 2.14. The van der Waals surface area contributed by atoms with Gasteiger partial charge in [-0.2, -0.15) is 9.83 Å². The fourth-order valence-corrected chi connectivity index (χ4v) is 3.45. The van der Waals surface area contributed by atoms with E-state index in [1.807, 2.05) is 41.1 Å². The number of hydrogen-bond acceptors (Lipinski definition) is 4. The van der Waals surface area contributed by atoms with E-state index in [9.17, 15) is 10.1 Å². The Balaban J connectivity index is 0.00000341. The summed E-state index contributed by atoms with van der Waals surface area (Å²) in [6.45, 7) is 0.611.